The second kappa shape index (κ2) is 4.96. The number of nitrogens with two attached hydrogens (primary N) is 1. The summed E-state index contributed by atoms with van der Waals surface area (Å²) in [6, 6.07) is 0. The number of imidazole rings is 2. The van der Waals surface area contributed by atoms with E-state index in [-0.39, 0.29) is 5.54 Å². The lowest BCUT2D eigenvalue weighted by Gasteiger charge is -2.26. The Balaban J connectivity index is 2.68. The lowest BCUT2D eigenvalue weighted by atomic mass is 10.1. The van der Waals surface area contributed by atoms with Crippen molar-refractivity contribution in [1.82, 2.24) is 19.1 Å². The van der Waals surface area contributed by atoms with Crippen LogP contribution in [-0.4, -0.2) is 19.1 Å². The van der Waals surface area contributed by atoms with E-state index in [1.165, 1.54) is 0 Å². The second-order valence-electron chi connectivity index (χ2n) is 6.43. The van der Waals surface area contributed by atoms with Crippen LogP contribution in [-0.2, 0) is 12.1 Å². The van der Waals surface area contributed by atoms with Crippen molar-refractivity contribution in [2.75, 3.05) is 5.73 Å². The maximum Gasteiger partial charge on any atom is 0.133 e. The van der Waals surface area contributed by atoms with Gasteiger partial charge in [-0.1, -0.05) is 13.8 Å². The summed E-state index contributed by atoms with van der Waals surface area (Å²) in [7, 11) is 0. The average Bonchev–Trinajstić information content (AvgIpc) is 2.90. The average molecular weight is 275 g/mol. The van der Waals surface area contributed by atoms with Crippen LogP contribution in [0.25, 0.3) is 11.4 Å². The van der Waals surface area contributed by atoms with Crippen molar-refractivity contribution in [2.24, 2.45) is 0 Å². The molecule has 2 N–H and O–H groups in total. The molecule has 0 spiro atoms. The van der Waals surface area contributed by atoms with Crippen molar-refractivity contribution in [3.63, 3.8) is 0 Å². The number of hydrogen-bond acceptors (Lipinski definition) is 3. The Labute approximate surface area is 120 Å². The molecule has 0 unspecified atom stereocenters. The normalized spacial score (nSPS) is 12.3. The third kappa shape index (κ3) is 2.32. The van der Waals surface area contributed by atoms with Crippen molar-refractivity contribution in [3.05, 3.63) is 18.3 Å². The molecule has 0 amide bonds. The largest absolute Gasteiger partial charge is 0.383 e. The second-order valence-corrected chi connectivity index (χ2v) is 6.43. The van der Waals surface area contributed by atoms with Crippen molar-refractivity contribution >= 4 is 5.82 Å². The van der Waals surface area contributed by atoms with Gasteiger partial charge in [-0.2, -0.15) is 0 Å². The highest BCUT2D eigenvalue weighted by molar-refractivity contribution is 5.68. The van der Waals surface area contributed by atoms with Crippen LogP contribution in [0.4, 0.5) is 5.82 Å². The Hall–Kier alpha value is -1.78. The Morgan fingerprint density at radius 2 is 1.95 bits per heavy atom. The molecule has 2 aromatic rings. The zero-order chi connectivity index (χ0) is 15.1. The fraction of sp³-hybridized carbons (Fsp3) is 0.600. The van der Waals surface area contributed by atoms with Gasteiger partial charge in [-0.25, -0.2) is 9.97 Å². The number of nitrogen functional groups attached to an aromatic ring is 1. The monoisotopic (exact) mass is 275 g/mol. The molecule has 0 saturated heterocycles. The van der Waals surface area contributed by atoms with Crippen molar-refractivity contribution in [1.29, 1.82) is 0 Å². The van der Waals surface area contributed by atoms with E-state index in [0.29, 0.717) is 5.92 Å². The van der Waals surface area contributed by atoms with Crippen LogP contribution < -0.4 is 5.73 Å². The Morgan fingerprint density at radius 3 is 2.40 bits per heavy atom. The molecule has 0 aliphatic carbocycles. The first-order chi connectivity index (χ1) is 9.27. The van der Waals surface area contributed by atoms with Gasteiger partial charge in [0, 0.05) is 18.0 Å². The van der Waals surface area contributed by atoms with E-state index < -0.39 is 0 Å². The summed E-state index contributed by atoms with van der Waals surface area (Å²) >= 11 is 0. The van der Waals surface area contributed by atoms with Crippen LogP contribution in [0.2, 0.25) is 0 Å². The summed E-state index contributed by atoms with van der Waals surface area (Å²) < 4.78 is 4.20. The zero-order valence-electron chi connectivity index (χ0n) is 13.3. The van der Waals surface area contributed by atoms with Gasteiger partial charge in [0.05, 0.1) is 18.2 Å². The number of aryl methyl sites for hydroxylation is 1. The SMILES string of the molecule is CCn1cncc1-c1nc(C(C)C)n(C(C)(C)C)c1N. The first-order valence-corrected chi connectivity index (χ1v) is 7.16. The van der Waals surface area contributed by atoms with Gasteiger partial charge in [-0.15, -0.1) is 0 Å². The van der Waals surface area contributed by atoms with Crippen molar-refractivity contribution in [3.8, 4) is 11.4 Å². The van der Waals surface area contributed by atoms with Gasteiger partial charge in [0.15, 0.2) is 0 Å². The van der Waals surface area contributed by atoms with Gasteiger partial charge in [0.1, 0.15) is 17.3 Å². The fourth-order valence-electron chi connectivity index (χ4n) is 2.50. The fourth-order valence-corrected chi connectivity index (χ4v) is 2.50. The molecular weight excluding hydrogens is 250 g/mol. The quantitative estimate of drug-likeness (QED) is 0.935. The third-order valence-electron chi connectivity index (χ3n) is 3.42. The molecule has 5 nitrogen and oxygen atoms in total. The molecule has 5 heteroatoms. The summed E-state index contributed by atoms with van der Waals surface area (Å²) in [5.74, 6) is 2.06. The first-order valence-electron chi connectivity index (χ1n) is 7.16. The van der Waals surface area contributed by atoms with Crippen molar-refractivity contribution < 1.29 is 0 Å². The summed E-state index contributed by atoms with van der Waals surface area (Å²) in [6.07, 6.45) is 3.65. The minimum atomic E-state index is -0.0913. The molecule has 0 fully saturated rings. The topological polar surface area (TPSA) is 61.7 Å². The third-order valence-corrected chi connectivity index (χ3v) is 3.42. The molecule has 0 saturated carbocycles. The predicted octanol–water partition coefficient (Wildman–Crippen LogP) is 3.23. The molecule has 0 aliphatic rings. The molecule has 110 valence electrons. The molecular formula is C15H25N5. The molecule has 2 heterocycles. The number of hydrogen-bond donors (Lipinski definition) is 1. The molecule has 2 rings (SSSR count). The predicted molar refractivity (Wildman–Crippen MR) is 82.6 cm³/mol. The minimum absolute atomic E-state index is 0.0913. The number of rotatable bonds is 3. The summed E-state index contributed by atoms with van der Waals surface area (Å²) in [5.41, 5.74) is 8.13. The number of anilines is 1. The Morgan fingerprint density at radius 1 is 1.30 bits per heavy atom. The molecule has 0 bridgehead atoms. The maximum atomic E-state index is 6.40. The van der Waals surface area contributed by atoms with E-state index in [4.69, 9.17) is 10.7 Å². The lowest BCUT2D eigenvalue weighted by Crippen LogP contribution is -2.26. The van der Waals surface area contributed by atoms with Crippen LogP contribution in [0.15, 0.2) is 12.5 Å². The van der Waals surface area contributed by atoms with E-state index in [1.54, 1.807) is 0 Å². The standard InChI is InChI=1S/C15H25N5/c1-7-19-9-17-8-11(19)12-13(16)20(15(4,5)6)14(18-12)10(2)3/h8-10H,7,16H2,1-6H3. The lowest BCUT2D eigenvalue weighted by molar-refractivity contribution is 0.382. The molecule has 20 heavy (non-hydrogen) atoms. The summed E-state index contributed by atoms with van der Waals surface area (Å²) in [4.78, 5) is 9.02. The Bertz CT molecular complexity index is 598. The van der Waals surface area contributed by atoms with Crippen LogP contribution >= 0.6 is 0 Å². The molecule has 0 radical (unpaired) electrons. The highest BCUT2D eigenvalue weighted by atomic mass is 15.2. The van der Waals surface area contributed by atoms with E-state index in [2.05, 4.69) is 55.7 Å². The van der Waals surface area contributed by atoms with Gasteiger partial charge >= 0.3 is 0 Å². The summed E-state index contributed by atoms with van der Waals surface area (Å²) in [5, 5.41) is 0. The molecule has 0 aliphatic heterocycles. The zero-order valence-corrected chi connectivity index (χ0v) is 13.3. The summed E-state index contributed by atoms with van der Waals surface area (Å²) in [6.45, 7) is 13.7. The van der Waals surface area contributed by atoms with Crippen LogP contribution in [0.1, 0.15) is 53.3 Å². The van der Waals surface area contributed by atoms with Crippen LogP contribution in [0.5, 0.6) is 0 Å². The smallest absolute Gasteiger partial charge is 0.133 e. The van der Waals surface area contributed by atoms with Gasteiger partial charge in [-0.05, 0) is 27.7 Å². The number of aromatic nitrogens is 4. The number of nitrogens with zero attached hydrogens (tertiary/aromatic N) is 4. The highest BCUT2D eigenvalue weighted by Crippen LogP contribution is 2.33. The molecule has 2 aromatic heterocycles. The van der Waals surface area contributed by atoms with E-state index in [9.17, 15) is 0 Å². The van der Waals surface area contributed by atoms with Gasteiger partial charge < -0.3 is 14.9 Å². The van der Waals surface area contributed by atoms with E-state index in [0.717, 1.165) is 29.6 Å². The van der Waals surface area contributed by atoms with Gasteiger partial charge in [0.2, 0.25) is 0 Å². The van der Waals surface area contributed by atoms with Crippen LogP contribution in [0, 0.1) is 0 Å². The molecule has 0 atom stereocenters. The van der Waals surface area contributed by atoms with E-state index >= 15 is 0 Å². The van der Waals surface area contributed by atoms with E-state index in [1.807, 2.05) is 12.5 Å². The maximum absolute atomic E-state index is 6.40. The van der Waals surface area contributed by atoms with Gasteiger partial charge in [0.25, 0.3) is 0 Å². The Kier molecular flexibility index (Phi) is 3.63. The van der Waals surface area contributed by atoms with Crippen LogP contribution in [0.3, 0.4) is 0 Å². The highest BCUT2D eigenvalue weighted by Gasteiger charge is 2.26. The van der Waals surface area contributed by atoms with Crippen molar-refractivity contribution in [2.45, 2.75) is 59.5 Å². The first kappa shape index (κ1) is 14.6. The van der Waals surface area contributed by atoms with Gasteiger partial charge in [-0.3, -0.25) is 0 Å². The minimum Gasteiger partial charge on any atom is -0.383 e. The molecule has 0 aromatic carbocycles.